The zero-order valence-corrected chi connectivity index (χ0v) is 20.6. The van der Waals surface area contributed by atoms with Crippen molar-refractivity contribution < 1.29 is 19.1 Å². The van der Waals surface area contributed by atoms with Crippen molar-refractivity contribution >= 4 is 35.1 Å². The van der Waals surface area contributed by atoms with Crippen LogP contribution in [-0.4, -0.2) is 73.1 Å². The Morgan fingerprint density at radius 3 is 2.31 bits per heavy atom. The number of likely N-dealkylation sites (tertiary alicyclic amines) is 1. The maximum absolute atomic E-state index is 13.5. The van der Waals surface area contributed by atoms with Crippen LogP contribution in [0, 0.1) is 12.8 Å². The second-order valence-electron chi connectivity index (χ2n) is 9.02. The number of carbonyl (C=O) groups excluding carboxylic acids is 3. The number of aryl methyl sites for hydroxylation is 1. The van der Waals surface area contributed by atoms with Gasteiger partial charge in [0.2, 0.25) is 5.91 Å². The van der Waals surface area contributed by atoms with Gasteiger partial charge in [0.05, 0.1) is 13.2 Å². The Balaban J connectivity index is 1.42. The monoisotopic (exact) mass is 498 g/mol. The highest BCUT2D eigenvalue weighted by molar-refractivity contribution is 6.30. The molecule has 2 aromatic carbocycles. The zero-order chi connectivity index (χ0) is 24.8. The van der Waals surface area contributed by atoms with E-state index in [1.165, 1.54) is 0 Å². The second kappa shape index (κ2) is 11.6. The van der Waals surface area contributed by atoms with Gasteiger partial charge in [0.1, 0.15) is 6.04 Å². The summed E-state index contributed by atoms with van der Waals surface area (Å²) in [5.41, 5.74) is 2.22. The molecule has 0 saturated carbocycles. The summed E-state index contributed by atoms with van der Waals surface area (Å²) < 4.78 is 5.39. The zero-order valence-electron chi connectivity index (χ0n) is 19.8. The molecule has 0 spiro atoms. The number of halogens is 1. The van der Waals surface area contributed by atoms with E-state index in [0.29, 0.717) is 68.5 Å². The van der Waals surface area contributed by atoms with Gasteiger partial charge >= 0.3 is 6.03 Å². The van der Waals surface area contributed by atoms with Gasteiger partial charge in [-0.3, -0.25) is 9.59 Å². The molecule has 2 heterocycles. The third-order valence-corrected chi connectivity index (χ3v) is 6.80. The molecular formula is C26H31ClN4O4. The molecule has 2 N–H and O–H groups in total. The van der Waals surface area contributed by atoms with Gasteiger partial charge in [-0.25, -0.2) is 4.79 Å². The molecular weight excluding hydrogens is 468 g/mol. The maximum atomic E-state index is 13.5. The number of carbonyl (C=O) groups is 3. The first kappa shape index (κ1) is 25.0. The number of hydrogen-bond donors (Lipinski definition) is 2. The minimum atomic E-state index is -0.653. The molecule has 8 nitrogen and oxygen atoms in total. The number of ether oxygens (including phenoxy) is 1. The van der Waals surface area contributed by atoms with Crippen LogP contribution in [0.4, 0.5) is 10.5 Å². The van der Waals surface area contributed by atoms with E-state index < -0.39 is 6.04 Å². The molecule has 4 amide bonds. The number of piperidine rings is 1. The maximum Gasteiger partial charge on any atom is 0.321 e. The Labute approximate surface area is 210 Å². The lowest BCUT2D eigenvalue weighted by Gasteiger charge is -2.38. The Kier molecular flexibility index (Phi) is 8.25. The molecule has 1 unspecified atom stereocenters. The molecule has 186 valence electrons. The van der Waals surface area contributed by atoms with Crippen molar-refractivity contribution in [2.45, 2.75) is 25.8 Å². The largest absolute Gasteiger partial charge is 0.378 e. The average Bonchev–Trinajstić information content (AvgIpc) is 2.88. The van der Waals surface area contributed by atoms with E-state index in [0.717, 1.165) is 5.56 Å². The fourth-order valence-corrected chi connectivity index (χ4v) is 4.69. The van der Waals surface area contributed by atoms with E-state index in [1.54, 1.807) is 46.2 Å². The van der Waals surface area contributed by atoms with Gasteiger partial charge in [0.25, 0.3) is 5.91 Å². The van der Waals surface area contributed by atoms with E-state index in [-0.39, 0.29) is 23.8 Å². The third kappa shape index (κ3) is 6.52. The number of anilines is 1. The number of rotatable bonds is 5. The fourth-order valence-electron chi connectivity index (χ4n) is 4.50. The van der Waals surface area contributed by atoms with Gasteiger partial charge in [0, 0.05) is 42.5 Å². The van der Waals surface area contributed by atoms with E-state index in [9.17, 15) is 14.4 Å². The van der Waals surface area contributed by atoms with Crippen molar-refractivity contribution in [3.63, 3.8) is 0 Å². The standard InChI is InChI=1S/C26H31ClN4O4/c1-18-5-7-20(8-6-18)24(32)29-23(25(33)30-13-15-35-16-14-30)19-9-11-31(12-10-19)26(34)28-22-4-2-3-21(27)17-22/h2-8,17,19,23H,9-16H2,1H3,(H,28,34)(H,29,32). The molecule has 2 fully saturated rings. The fraction of sp³-hybridized carbons (Fsp3) is 0.423. The van der Waals surface area contributed by atoms with Gasteiger partial charge < -0.3 is 25.2 Å². The van der Waals surface area contributed by atoms with Gasteiger partial charge in [-0.2, -0.15) is 0 Å². The molecule has 2 aromatic rings. The summed E-state index contributed by atoms with van der Waals surface area (Å²) in [6.45, 7) is 4.95. The van der Waals surface area contributed by atoms with E-state index in [2.05, 4.69) is 10.6 Å². The highest BCUT2D eigenvalue weighted by atomic mass is 35.5. The molecule has 0 radical (unpaired) electrons. The average molecular weight is 499 g/mol. The predicted molar refractivity (Wildman–Crippen MR) is 135 cm³/mol. The van der Waals surface area contributed by atoms with Gasteiger partial charge in [0.15, 0.2) is 0 Å². The summed E-state index contributed by atoms with van der Waals surface area (Å²) in [7, 11) is 0. The Hall–Kier alpha value is -3.10. The van der Waals surface area contributed by atoms with Gasteiger partial charge in [-0.1, -0.05) is 35.4 Å². The van der Waals surface area contributed by atoms with Crippen molar-refractivity contribution in [3.05, 3.63) is 64.7 Å². The summed E-state index contributed by atoms with van der Waals surface area (Å²) in [5, 5.41) is 6.43. The van der Waals surface area contributed by atoms with Crippen molar-refractivity contribution in [3.8, 4) is 0 Å². The van der Waals surface area contributed by atoms with Crippen molar-refractivity contribution in [1.82, 2.24) is 15.1 Å². The number of benzene rings is 2. The van der Waals surface area contributed by atoms with Crippen LogP contribution in [-0.2, 0) is 9.53 Å². The summed E-state index contributed by atoms with van der Waals surface area (Å²) in [4.78, 5) is 42.7. The van der Waals surface area contributed by atoms with Gasteiger partial charge in [-0.15, -0.1) is 0 Å². The van der Waals surface area contributed by atoms with Crippen molar-refractivity contribution in [2.24, 2.45) is 5.92 Å². The Morgan fingerprint density at radius 2 is 1.66 bits per heavy atom. The molecule has 2 aliphatic rings. The molecule has 0 aliphatic carbocycles. The summed E-state index contributed by atoms with van der Waals surface area (Å²) in [5.74, 6) is -0.428. The highest BCUT2D eigenvalue weighted by Gasteiger charge is 2.36. The Morgan fingerprint density at radius 1 is 0.971 bits per heavy atom. The van der Waals surface area contributed by atoms with E-state index in [4.69, 9.17) is 16.3 Å². The molecule has 1 atom stereocenters. The number of hydrogen-bond acceptors (Lipinski definition) is 4. The van der Waals surface area contributed by atoms with Crippen molar-refractivity contribution in [2.75, 3.05) is 44.7 Å². The summed E-state index contributed by atoms with van der Waals surface area (Å²) >= 11 is 6.01. The van der Waals surface area contributed by atoms with Crippen LogP contribution in [0.3, 0.4) is 0 Å². The van der Waals surface area contributed by atoms with Crippen LogP contribution < -0.4 is 10.6 Å². The number of morpholine rings is 1. The normalized spacial score (nSPS) is 17.5. The number of amides is 4. The molecule has 0 aromatic heterocycles. The lowest BCUT2D eigenvalue weighted by Crippen LogP contribution is -2.56. The second-order valence-corrected chi connectivity index (χ2v) is 9.46. The van der Waals surface area contributed by atoms with Crippen LogP contribution in [0.25, 0.3) is 0 Å². The highest BCUT2D eigenvalue weighted by Crippen LogP contribution is 2.24. The minimum absolute atomic E-state index is 0.0741. The van der Waals surface area contributed by atoms with Gasteiger partial charge in [-0.05, 0) is 56.0 Å². The quantitative estimate of drug-likeness (QED) is 0.659. The number of nitrogens with zero attached hydrogens (tertiary/aromatic N) is 2. The third-order valence-electron chi connectivity index (χ3n) is 6.56. The van der Waals surface area contributed by atoms with Crippen LogP contribution in [0.2, 0.25) is 5.02 Å². The molecule has 4 rings (SSSR count). The number of urea groups is 1. The summed E-state index contributed by atoms with van der Waals surface area (Å²) in [6.07, 6.45) is 1.22. The van der Waals surface area contributed by atoms with Crippen LogP contribution in [0.1, 0.15) is 28.8 Å². The number of nitrogens with one attached hydrogen (secondary N) is 2. The van der Waals surface area contributed by atoms with Crippen molar-refractivity contribution in [1.29, 1.82) is 0 Å². The lowest BCUT2D eigenvalue weighted by molar-refractivity contribution is -0.139. The molecule has 2 saturated heterocycles. The first-order valence-electron chi connectivity index (χ1n) is 12.0. The topological polar surface area (TPSA) is 91.0 Å². The van der Waals surface area contributed by atoms with E-state index >= 15 is 0 Å². The smallest absolute Gasteiger partial charge is 0.321 e. The predicted octanol–water partition coefficient (Wildman–Crippen LogP) is 3.55. The molecule has 2 aliphatic heterocycles. The minimum Gasteiger partial charge on any atom is -0.378 e. The molecule has 35 heavy (non-hydrogen) atoms. The Bertz CT molecular complexity index is 1050. The van der Waals surface area contributed by atoms with Crippen LogP contribution in [0.15, 0.2) is 48.5 Å². The summed E-state index contributed by atoms with van der Waals surface area (Å²) in [6, 6.07) is 13.5. The first-order valence-corrected chi connectivity index (χ1v) is 12.3. The van der Waals surface area contributed by atoms with Crippen LogP contribution in [0.5, 0.6) is 0 Å². The lowest BCUT2D eigenvalue weighted by atomic mass is 9.88. The molecule has 9 heteroatoms. The molecule has 0 bridgehead atoms. The van der Waals surface area contributed by atoms with E-state index in [1.807, 2.05) is 19.1 Å². The SMILES string of the molecule is Cc1ccc(C(=O)NC(C(=O)N2CCOCC2)C2CCN(C(=O)Nc3cccc(Cl)c3)CC2)cc1. The first-order chi connectivity index (χ1) is 16.9. The van der Waals surface area contributed by atoms with Crippen LogP contribution >= 0.6 is 11.6 Å².